The number of aliphatic hydroxyl groups is 3. The Morgan fingerprint density at radius 3 is 2.47 bits per heavy atom. The zero-order chi connectivity index (χ0) is 11.6. The van der Waals surface area contributed by atoms with Crippen LogP contribution in [0.5, 0.6) is 0 Å². The monoisotopic (exact) mass is 218 g/mol. The number of aldehydes is 1. The lowest BCUT2D eigenvalue weighted by Gasteiger charge is -2.28. The molecule has 5 nitrogen and oxygen atoms in total. The molecular weight excluding hydrogens is 200 g/mol. The lowest BCUT2D eigenvalue weighted by Crippen LogP contribution is -2.44. The molecule has 0 spiro atoms. The molecular formula is C10H18O5. The standard InChI is InChI=1S/C10H18O5/c1-5(2)8-7(13)4-15-10(8)9(14)6(12)3-11/h3,5-10,12-14H,4H2,1-2H3/t6?,7-,8?,9?,10+/m1/s1. The Balaban J connectivity index is 2.72. The third-order valence-corrected chi connectivity index (χ3v) is 2.88. The average molecular weight is 218 g/mol. The second kappa shape index (κ2) is 5.03. The molecule has 0 bridgehead atoms. The van der Waals surface area contributed by atoms with Crippen molar-refractivity contribution in [2.45, 2.75) is 38.3 Å². The molecule has 1 saturated heterocycles. The zero-order valence-electron chi connectivity index (χ0n) is 8.91. The van der Waals surface area contributed by atoms with E-state index in [0.717, 1.165) is 0 Å². The molecule has 88 valence electrons. The Morgan fingerprint density at radius 1 is 1.40 bits per heavy atom. The summed E-state index contributed by atoms with van der Waals surface area (Å²) < 4.78 is 5.20. The van der Waals surface area contributed by atoms with Gasteiger partial charge in [0.2, 0.25) is 0 Å². The van der Waals surface area contributed by atoms with Crippen molar-refractivity contribution in [1.82, 2.24) is 0 Å². The number of hydrogen-bond donors (Lipinski definition) is 3. The molecule has 0 aromatic carbocycles. The van der Waals surface area contributed by atoms with Crippen molar-refractivity contribution in [3.63, 3.8) is 0 Å². The molecule has 1 aliphatic heterocycles. The molecule has 1 rings (SSSR count). The highest BCUT2D eigenvalue weighted by atomic mass is 16.5. The molecule has 3 unspecified atom stereocenters. The van der Waals surface area contributed by atoms with Gasteiger partial charge in [-0.1, -0.05) is 13.8 Å². The van der Waals surface area contributed by atoms with Gasteiger partial charge >= 0.3 is 0 Å². The van der Waals surface area contributed by atoms with Gasteiger partial charge in [-0.2, -0.15) is 0 Å². The first kappa shape index (κ1) is 12.6. The van der Waals surface area contributed by atoms with Gasteiger partial charge in [-0.25, -0.2) is 0 Å². The van der Waals surface area contributed by atoms with Gasteiger partial charge in [0.15, 0.2) is 6.29 Å². The molecule has 5 atom stereocenters. The van der Waals surface area contributed by atoms with E-state index in [4.69, 9.17) is 4.74 Å². The zero-order valence-corrected chi connectivity index (χ0v) is 8.91. The number of aliphatic hydroxyl groups excluding tert-OH is 3. The second-order valence-electron chi connectivity index (χ2n) is 4.30. The number of hydrogen-bond acceptors (Lipinski definition) is 5. The fourth-order valence-corrected chi connectivity index (χ4v) is 2.08. The maximum Gasteiger partial charge on any atom is 0.151 e. The number of carbonyl (C=O) groups is 1. The number of rotatable bonds is 4. The maximum atomic E-state index is 10.3. The van der Waals surface area contributed by atoms with Crippen molar-refractivity contribution in [3.8, 4) is 0 Å². The van der Waals surface area contributed by atoms with Crippen LogP contribution in [0.1, 0.15) is 13.8 Å². The van der Waals surface area contributed by atoms with Gasteiger partial charge in [0.25, 0.3) is 0 Å². The quantitative estimate of drug-likeness (QED) is 0.523. The van der Waals surface area contributed by atoms with Crippen LogP contribution in [0.15, 0.2) is 0 Å². The van der Waals surface area contributed by atoms with Crippen LogP contribution in [0.4, 0.5) is 0 Å². The van der Waals surface area contributed by atoms with E-state index in [9.17, 15) is 20.1 Å². The predicted molar refractivity (Wildman–Crippen MR) is 52.2 cm³/mol. The number of ether oxygens (including phenoxy) is 1. The Labute approximate surface area is 88.7 Å². The van der Waals surface area contributed by atoms with Crippen molar-refractivity contribution in [3.05, 3.63) is 0 Å². The molecule has 0 aliphatic carbocycles. The molecule has 1 aliphatic rings. The Kier molecular flexibility index (Phi) is 4.21. The van der Waals surface area contributed by atoms with Crippen LogP contribution < -0.4 is 0 Å². The van der Waals surface area contributed by atoms with Crippen LogP contribution in [-0.4, -0.2) is 52.6 Å². The summed E-state index contributed by atoms with van der Waals surface area (Å²) >= 11 is 0. The molecule has 0 amide bonds. The van der Waals surface area contributed by atoms with Crippen LogP contribution in [0.2, 0.25) is 0 Å². The highest BCUT2D eigenvalue weighted by Gasteiger charge is 2.43. The average Bonchev–Trinajstić information content (AvgIpc) is 2.57. The molecule has 15 heavy (non-hydrogen) atoms. The highest BCUT2D eigenvalue weighted by Crippen LogP contribution is 2.31. The normalized spacial score (nSPS) is 35.5. The van der Waals surface area contributed by atoms with E-state index >= 15 is 0 Å². The van der Waals surface area contributed by atoms with Crippen LogP contribution in [0, 0.1) is 11.8 Å². The largest absolute Gasteiger partial charge is 0.390 e. The minimum atomic E-state index is -1.46. The molecule has 1 fully saturated rings. The SMILES string of the molecule is CC(C)C1[C@@H](C(O)C(O)C=O)OC[C@H]1O. The van der Waals surface area contributed by atoms with Crippen LogP contribution >= 0.6 is 0 Å². The summed E-state index contributed by atoms with van der Waals surface area (Å²) in [4.78, 5) is 10.3. The summed E-state index contributed by atoms with van der Waals surface area (Å²) in [6.45, 7) is 3.93. The summed E-state index contributed by atoms with van der Waals surface area (Å²) in [6.07, 6.45) is -3.78. The maximum absolute atomic E-state index is 10.3. The smallest absolute Gasteiger partial charge is 0.151 e. The summed E-state index contributed by atoms with van der Waals surface area (Å²) in [5.41, 5.74) is 0. The third-order valence-electron chi connectivity index (χ3n) is 2.88. The summed E-state index contributed by atoms with van der Waals surface area (Å²) in [7, 11) is 0. The van der Waals surface area contributed by atoms with Crippen molar-refractivity contribution in [2.24, 2.45) is 11.8 Å². The van der Waals surface area contributed by atoms with Gasteiger partial charge in [-0.05, 0) is 5.92 Å². The van der Waals surface area contributed by atoms with Gasteiger partial charge in [-0.15, -0.1) is 0 Å². The highest BCUT2D eigenvalue weighted by molar-refractivity contribution is 5.56. The lowest BCUT2D eigenvalue weighted by atomic mass is 9.84. The van der Waals surface area contributed by atoms with Crippen molar-refractivity contribution >= 4 is 6.29 Å². The van der Waals surface area contributed by atoms with Crippen molar-refractivity contribution in [1.29, 1.82) is 0 Å². The summed E-state index contributed by atoms with van der Waals surface area (Å²) in [6, 6.07) is 0. The van der Waals surface area contributed by atoms with Crippen molar-refractivity contribution in [2.75, 3.05) is 6.61 Å². The van der Waals surface area contributed by atoms with Gasteiger partial charge in [0.05, 0.1) is 18.8 Å². The Bertz CT molecular complexity index is 218. The summed E-state index contributed by atoms with van der Waals surface area (Å²) in [5.74, 6) is -0.143. The van der Waals surface area contributed by atoms with Crippen LogP contribution in [-0.2, 0) is 9.53 Å². The van der Waals surface area contributed by atoms with Gasteiger partial charge in [0, 0.05) is 5.92 Å². The summed E-state index contributed by atoms with van der Waals surface area (Å²) in [5, 5.41) is 28.5. The predicted octanol–water partition coefficient (Wildman–Crippen LogP) is -1.06. The van der Waals surface area contributed by atoms with E-state index in [2.05, 4.69) is 0 Å². The molecule has 5 heteroatoms. The van der Waals surface area contributed by atoms with E-state index < -0.39 is 24.4 Å². The molecule has 0 aromatic rings. The molecule has 0 aromatic heterocycles. The Hall–Kier alpha value is -0.490. The van der Waals surface area contributed by atoms with E-state index in [1.165, 1.54) is 0 Å². The Morgan fingerprint density at radius 2 is 2.00 bits per heavy atom. The first-order valence-corrected chi connectivity index (χ1v) is 5.10. The van der Waals surface area contributed by atoms with Gasteiger partial charge in [0.1, 0.15) is 12.2 Å². The molecule has 0 radical (unpaired) electrons. The van der Waals surface area contributed by atoms with E-state index in [-0.39, 0.29) is 24.7 Å². The minimum Gasteiger partial charge on any atom is -0.390 e. The first-order valence-electron chi connectivity index (χ1n) is 5.10. The topological polar surface area (TPSA) is 87.0 Å². The number of carbonyl (C=O) groups excluding carboxylic acids is 1. The molecule has 1 heterocycles. The first-order chi connectivity index (χ1) is 6.99. The van der Waals surface area contributed by atoms with E-state index in [1.807, 2.05) is 13.8 Å². The lowest BCUT2D eigenvalue weighted by molar-refractivity contribution is -0.129. The van der Waals surface area contributed by atoms with Gasteiger partial charge in [-0.3, -0.25) is 0 Å². The van der Waals surface area contributed by atoms with Crippen LogP contribution in [0.3, 0.4) is 0 Å². The van der Waals surface area contributed by atoms with Crippen molar-refractivity contribution < 1.29 is 24.9 Å². The van der Waals surface area contributed by atoms with E-state index in [1.54, 1.807) is 0 Å². The third kappa shape index (κ3) is 2.55. The van der Waals surface area contributed by atoms with E-state index in [0.29, 0.717) is 0 Å². The fourth-order valence-electron chi connectivity index (χ4n) is 2.08. The fraction of sp³-hybridized carbons (Fsp3) is 0.900. The minimum absolute atomic E-state index is 0.112. The van der Waals surface area contributed by atoms with Gasteiger partial charge < -0.3 is 24.9 Å². The molecule has 0 saturated carbocycles. The van der Waals surface area contributed by atoms with Crippen LogP contribution in [0.25, 0.3) is 0 Å². The molecule has 3 N–H and O–H groups in total. The second-order valence-corrected chi connectivity index (χ2v) is 4.30.